The van der Waals surface area contributed by atoms with Crippen molar-refractivity contribution in [1.29, 1.82) is 0 Å². The molecule has 4 rings (SSSR count). The molecule has 0 radical (unpaired) electrons. The molecule has 0 fully saturated rings. The molecule has 278 valence electrons. The van der Waals surface area contributed by atoms with Crippen LogP contribution in [0.5, 0.6) is 11.5 Å². The Morgan fingerprint density at radius 1 is 0.942 bits per heavy atom. The standard InChI is InChI=1S/C37H40F3N3O9/c1-24-31(32(26-9-8-10-27(21-26)43(47)48)33(35(45)49-2)34(42-24)37(38,39)40)36(46)51-20-17-25-13-15-30(16-14-25)50-19-7-6-18-41-22-28(44)23-52-29-11-4-3-5-12-29/h3-5,8-16,21,28,32,41-42,44H,6-7,17-20,22-23H2,1-2H3. The van der Waals surface area contributed by atoms with E-state index in [4.69, 9.17) is 14.2 Å². The summed E-state index contributed by atoms with van der Waals surface area (Å²) in [6.07, 6.45) is -3.81. The van der Waals surface area contributed by atoms with Crippen LogP contribution in [-0.4, -0.2) is 74.3 Å². The lowest BCUT2D eigenvalue weighted by molar-refractivity contribution is -0.384. The monoisotopic (exact) mass is 727 g/mol. The topological polar surface area (TPSA) is 158 Å². The first kappa shape index (κ1) is 39.4. The number of ether oxygens (including phenoxy) is 4. The summed E-state index contributed by atoms with van der Waals surface area (Å²) in [6, 6.07) is 21.1. The van der Waals surface area contributed by atoms with Gasteiger partial charge >= 0.3 is 18.1 Å². The number of carbonyl (C=O) groups excluding carboxylic acids is 2. The van der Waals surface area contributed by atoms with Crippen molar-refractivity contribution in [3.8, 4) is 11.5 Å². The van der Waals surface area contributed by atoms with Crippen molar-refractivity contribution >= 4 is 17.6 Å². The lowest BCUT2D eigenvalue weighted by atomic mass is 9.80. The third-order valence-corrected chi connectivity index (χ3v) is 8.02. The minimum absolute atomic E-state index is 0.0977. The second kappa shape index (κ2) is 18.7. The van der Waals surface area contributed by atoms with Crippen LogP contribution in [0.1, 0.15) is 36.8 Å². The Kier molecular flexibility index (Phi) is 14.2. The number of unbranched alkanes of at least 4 members (excludes halogenated alkanes) is 1. The quantitative estimate of drug-likeness (QED) is 0.0656. The number of esters is 2. The van der Waals surface area contributed by atoms with E-state index >= 15 is 0 Å². The summed E-state index contributed by atoms with van der Waals surface area (Å²) in [5, 5.41) is 26.8. The number of nitro benzene ring substituents is 1. The highest BCUT2D eigenvalue weighted by Crippen LogP contribution is 2.44. The fourth-order valence-electron chi connectivity index (χ4n) is 5.47. The Hall–Kier alpha value is -5.41. The summed E-state index contributed by atoms with van der Waals surface area (Å²) < 4.78 is 63.8. The SMILES string of the molecule is COC(=O)C1=C(C(F)(F)F)NC(C)=C(C(=O)OCCc2ccc(OCCCCNCC(O)COc3ccccc3)cc2)C1c1cccc([N+](=O)[O-])c1. The molecule has 0 spiro atoms. The fraction of sp³-hybridized carbons (Fsp3) is 0.351. The molecule has 3 N–H and O–H groups in total. The van der Waals surface area contributed by atoms with Gasteiger partial charge in [0.25, 0.3) is 5.69 Å². The molecule has 0 saturated carbocycles. The molecule has 0 aliphatic carbocycles. The van der Waals surface area contributed by atoms with Gasteiger partial charge in [0.2, 0.25) is 0 Å². The molecule has 1 aliphatic rings. The summed E-state index contributed by atoms with van der Waals surface area (Å²) in [5.41, 5.74) is -2.67. The van der Waals surface area contributed by atoms with E-state index < -0.39 is 52.0 Å². The van der Waals surface area contributed by atoms with E-state index in [1.165, 1.54) is 19.1 Å². The zero-order valence-corrected chi connectivity index (χ0v) is 28.6. The van der Waals surface area contributed by atoms with E-state index in [0.717, 1.165) is 37.6 Å². The zero-order chi connectivity index (χ0) is 37.7. The molecule has 0 aromatic heterocycles. The second-order valence-electron chi connectivity index (χ2n) is 11.8. The van der Waals surface area contributed by atoms with Crippen LogP contribution in [-0.2, 0) is 25.5 Å². The number of methoxy groups -OCH3 is 1. The predicted octanol–water partition coefficient (Wildman–Crippen LogP) is 5.52. The summed E-state index contributed by atoms with van der Waals surface area (Å²) in [6.45, 7) is 2.85. The number of allylic oxidation sites excluding steroid dienone is 2. The number of aliphatic hydroxyl groups is 1. The molecule has 0 bridgehead atoms. The van der Waals surface area contributed by atoms with E-state index in [1.54, 1.807) is 24.3 Å². The Morgan fingerprint density at radius 3 is 2.33 bits per heavy atom. The average Bonchev–Trinajstić information content (AvgIpc) is 3.13. The highest BCUT2D eigenvalue weighted by atomic mass is 19.4. The maximum absolute atomic E-state index is 14.1. The van der Waals surface area contributed by atoms with Crippen LogP contribution in [0.4, 0.5) is 18.9 Å². The van der Waals surface area contributed by atoms with Crippen molar-refractivity contribution < 1.29 is 51.7 Å². The Morgan fingerprint density at radius 2 is 1.65 bits per heavy atom. The van der Waals surface area contributed by atoms with Gasteiger partial charge in [-0.3, -0.25) is 10.1 Å². The first-order valence-corrected chi connectivity index (χ1v) is 16.5. The maximum Gasteiger partial charge on any atom is 0.431 e. The van der Waals surface area contributed by atoms with Crippen LogP contribution in [0, 0.1) is 10.1 Å². The number of aliphatic hydroxyl groups excluding tert-OH is 1. The van der Waals surface area contributed by atoms with Gasteiger partial charge in [0.15, 0.2) is 0 Å². The van der Waals surface area contributed by atoms with Gasteiger partial charge in [0.05, 0.1) is 42.3 Å². The van der Waals surface area contributed by atoms with Crippen LogP contribution >= 0.6 is 0 Å². The minimum Gasteiger partial charge on any atom is -0.494 e. The molecule has 12 nitrogen and oxygen atoms in total. The highest BCUT2D eigenvalue weighted by Gasteiger charge is 2.47. The number of non-ortho nitro benzene ring substituents is 1. The largest absolute Gasteiger partial charge is 0.494 e. The van der Waals surface area contributed by atoms with E-state index in [2.05, 4.69) is 15.4 Å². The Labute approximate surface area is 298 Å². The number of nitrogens with zero attached hydrogens (tertiary/aromatic N) is 1. The lowest BCUT2D eigenvalue weighted by Gasteiger charge is -2.31. The third kappa shape index (κ3) is 11.0. The van der Waals surface area contributed by atoms with E-state index in [1.807, 2.05) is 30.3 Å². The molecule has 0 saturated heterocycles. The predicted molar refractivity (Wildman–Crippen MR) is 183 cm³/mol. The molecular formula is C37H40F3N3O9. The number of rotatable bonds is 18. The number of nitrogens with one attached hydrogen (secondary N) is 2. The molecular weight excluding hydrogens is 687 g/mol. The molecule has 2 unspecified atom stereocenters. The molecule has 0 amide bonds. The minimum atomic E-state index is -5.05. The van der Waals surface area contributed by atoms with Crippen LogP contribution in [0.25, 0.3) is 0 Å². The van der Waals surface area contributed by atoms with Crippen molar-refractivity contribution in [3.63, 3.8) is 0 Å². The number of carbonyl (C=O) groups is 2. The number of nitro groups is 1. The molecule has 1 heterocycles. The normalized spacial score (nSPS) is 15.1. The van der Waals surface area contributed by atoms with Gasteiger partial charge in [-0.05, 0) is 61.7 Å². The summed E-state index contributed by atoms with van der Waals surface area (Å²) >= 11 is 0. The number of halogens is 3. The molecule has 2 atom stereocenters. The number of benzene rings is 3. The smallest absolute Gasteiger partial charge is 0.431 e. The van der Waals surface area contributed by atoms with Crippen LogP contribution in [0.15, 0.2) is 101 Å². The van der Waals surface area contributed by atoms with Crippen molar-refractivity contribution in [2.45, 2.75) is 44.4 Å². The summed E-state index contributed by atoms with van der Waals surface area (Å²) in [4.78, 5) is 36.9. The van der Waals surface area contributed by atoms with Gasteiger partial charge in [0, 0.05) is 30.8 Å². The van der Waals surface area contributed by atoms with Crippen LogP contribution < -0.4 is 20.1 Å². The highest BCUT2D eigenvalue weighted by molar-refractivity contribution is 6.00. The third-order valence-electron chi connectivity index (χ3n) is 8.02. The van der Waals surface area contributed by atoms with Crippen molar-refractivity contribution in [1.82, 2.24) is 10.6 Å². The molecule has 1 aliphatic heterocycles. The first-order chi connectivity index (χ1) is 24.9. The van der Waals surface area contributed by atoms with E-state index in [0.29, 0.717) is 31.2 Å². The molecule has 15 heteroatoms. The molecule has 3 aromatic carbocycles. The molecule has 52 heavy (non-hydrogen) atoms. The van der Waals surface area contributed by atoms with Crippen molar-refractivity contribution in [2.75, 3.05) is 40.0 Å². The van der Waals surface area contributed by atoms with Gasteiger partial charge in [-0.15, -0.1) is 0 Å². The average molecular weight is 728 g/mol. The lowest BCUT2D eigenvalue weighted by Crippen LogP contribution is -2.38. The van der Waals surface area contributed by atoms with Gasteiger partial charge in [0.1, 0.15) is 29.9 Å². The number of hydrogen-bond acceptors (Lipinski definition) is 11. The van der Waals surface area contributed by atoms with E-state index in [-0.39, 0.29) is 36.5 Å². The summed E-state index contributed by atoms with van der Waals surface area (Å²) in [5.74, 6) is -2.70. The number of para-hydroxylation sites is 1. The van der Waals surface area contributed by atoms with Gasteiger partial charge in [-0.25, -0.2) is 9.59 Å². The Bertz CT molecular complexity index is 1750. The number of dihydropyridines is 1. The Balaban J connectivity index is 1.28. The fourth-order valence-corrected chi connectivity index (χ4v) is 5.47. The summed E-state index contributed by atoms with van der Waals surface area (Å²) in [7, 11) is 0.894. The second-order valence-corrected chi connectivity index (χ2v) is 11.8. The molecule has 3 aromatic rings. The van der Waals surface area contributed by atoms with Gasteiger partial charge in [-0.1, -0.05) is 42.5 Å². The van der Waals surface area contributed by atoms with E-state index in [9.17, 15) is 38.0 Å². The maximum atomic E-state index is 14.1. The van der Waals surface area contributed by atoms with Gasteiger partial charge < -0.3 is 34.7 Å². The number of alkyl halides is 3. The van der Waals surface area contributed by atoms with Crippen molar-refractivity contribution in [2.24, 2.45) is 0 Å². The van der Waals surface area contributed by atoms with Crippen molar-refractivity contribution in [3.05, 3.63) is 123 Å². The zero-order valence-electron chi connectivity index (χ0n) is 28.6. The first-order valence-electron chi connectivity index (χ1n) is 16.5. The van der Waals surface area contributed by atoms with Crippen LogP contribution in [0.3, 0.4) is 0 Å². The van der Waals surface area contributed by atoms with Gasteiger partial charge in [-0.2, -0.15) is 13.2 Å². The number of hydrogen-bond donors (Lipinski definition) is 3. The van der Waals surface area contributed by atoms with Crippen LogP contribution in [0.2, 0.25) is 0 Å².